The fourth-order valence-electron chi connectivity index (χ4n) is 6.58. The van der Waals surface area contributed by atoms with Gasteiger partial charge in [-0.25, -0.2) is 4.98 Å². The van der Waals surface area contributed by atoms with E-state index in [-0.39, 0.29) is 23.1 Å². The molecule has 14 heteroatoms. The summed E-state index contributed by atoms with van der Waals surface area (Å²) in [5.74, 6) is 0.716. The van der Waals surface area contributed by atoms with Gasteiger partial charge in [-0.15, -0.1) is 0 Å². The first-order valence-corrected chi connectivity index (χ1v) is 17.2. The third kappa shape index (κ3) is 7.41. The number of aromatic nitrogens is 6. The minimum Gasteiger partial charge on any atom is -0.504 e. The van der Waals surface area contributed by atoms with Crippen molar-refractivity contribution in [3.8, 4) is 35.1 Å². The van der Waals surface area contributed by atoms with Crippen LogP contribution in [0.25, 0.3) is 21.8 Å². The lowest BCUT2D eigenvalue weighted by molar-refractivity contribution is 0.320. The van der Waals surface area contributed by atoms with Crippen LogP contribution >= 0.6 is 0 Å². The van der Waals surface area contributed by atoms with Gasteiger partial charge in [0.2, 0.25) is 0 Å². The second kappa shape index (κ2) is 15.4. The highest BCUT2D eigenvalue weighted by Gasteiger charge is 2.38. The summed E-state index contributed by atoms with van der Waals surface area (Å²) in [7, 11) is 3.14. The van der Waals surface area contributed by atoms with Crippen LogP contribution in [0.2, 0.25) is 0 Å². The molecule has 3 aromatic heterocycles. The Morgan fingerprint density at radius 3 is 2.06 bits per heavy atom. The monoisotopic (exact) mass is 724 g/mol. The molecule has 2 N–H and O–H groups in total. The average molecular weight is 725 g/mol. The number of nitriles is 2. The number of benzene rings is 3. The summed E-state index contributed by atoms with van der Waals surface area (Å²) in [6, 6.07) is 21.3. The molecule has 1 aliphatic rings. The maximum absolute atomic E-state index is 10.0. The first-order chi connectivity index (χ1) is 26.0. The van der Waals surface area contributed by atoms with E-state index < -0.39 is 11.8 Å². The van der Waals surface area contributed by atoms with E-state index in [2.05, 4.69) is 56.3 Å². The lowest BCUT2D eigenvalue weighted by Gasteiger charge is -2.28. The van der Waals surface area contributed by atoms with Crippen LogP contribution < -0.4 is 9.47 Å². The Morgan fingerprint density at radius 2 is 1.43 bits per heavy atom. The molecule has 4 heterocycles. The largest absolute Gasteiger partial charge is 0.504 e. The van der Waals surface area contributed by atoms with Crippen LogP contribution in [0.3, 0.4) is 0 Å². The van der Waals surface area contributed by atoms with Gasteiger partial charge in [0.1, 0.15) is 23.5 Å². The van der Waals surface area contributed by atoms with E-state index >= 15 is 0 Å². The van der Waals surface area contributed by atoms with Crippen molar-refractivity contribution in [2.75, 3.05) is 20.8 Å². The van der Waals surface area contributed by atoms with Gasteiger partial charge in [0, 0.05) is 65.6 Å². The molecule has 14 nitrogen and oxygen atoms in total. The lowest BCUT2D eigenvalue weighted by atomic mass is 9.96. The molecule has 2 atom stereocenters. The number of ether oxygens (including phenoxy) is 2. The zero-order chi connectivity index (χ0) is 38.6. The minimum atomic E-state index is -0.633. The van der Waals surface area contributed by atoms with Crippen molar-refractivity contribution in [2.24, 2.45) is 4.99 Å². The second-order valence-electron chi connectivity index (χ2n) is 13.7. The summed E-state index contributed by atoms with van der Waals surface area (Å²) >= 11 is 0. The average Bonchev–Trinajstić information content (AvgIpc) is 3.76. The van der Waals surface area contributed by atoms with E-state index in [1.165, 1.54) is 18.3 Å². The molecular formula is C40H40N10O4. The van der Waals surface area contributed by atoms with Gasteiger partial charge in [0.25, 0.3) is 0 Å². The van der Waals surface area contributed by atoms with E-state index in [1.807, 2.05) is 61.0 Å². The minimum absolute atomic E-state index is 0.204. The third-order valence-corrected chi connectivity index (χ3v) is 9.17. The molecule has 6 aromatic rings. The SMILES string of the molecule is CC(C)N1CC(C)(C)N=C1C(C#N)c1cnnc2cc(O)c(O)cc12.COc1cc2nncc(C(C#N)c3nccn3Cc3ccccc3)c2cc1OC. The Kier molecular flexibility index (Phi) is 10.6. The Morgan fingerprint density at radius 1 is 0.833 bits per heavy atom. The molecular weight excluding hydrogens is 685 g/mol. The van der Waals surface area contributed by atoms with Crippen molar-refractivity contribution >= 4 is 27.6 Å². The third-order valence-electron chi connectivity index (χ3n) is 9.17. The Balaban J connectivity index is 0.000000186. The number of imidazole rings is 1. The molecule has 274 valence electrons. The molecule has 0 aliphatic carbocycles. The molecule has 7 rings (SSSR count). The molecule has 0 saturated heterocycles. The molecule has 0 fully saturated rings. The van der Waals surface area contributed by atoms with Crippen LogP contribution in [0, 0.1) is 22.7 Å². The summed E-state index contributed by atoms with van der Waals surface area (Å²) in [4.78, 5) is 11.4. The van der Waals surface area contributed by atoms with Crippen LogP contribution in [0.5, 0.6) is 23.0 Å². The number of hydrogen-bond acceptors (Lipinski definition) is 13. The van der Waals surface area contributed by atoms with Gasteiger partial charge in [-0.2, -0.15) is 30.9 Å². The fourth-order valence-corrected chi connectivity index (χ4v) is 6.58. The summed E-state index contributed by atoms with van der Waals surface area (Å²) in [6.45, 7) is 9.58. The molecule has 3 aromatic carbocycles. The van der Waals surface area contributed by atoms with Crippen molar-refractivity contribution in [2.45, 2.75) is 57.7 Å². The van der Waals surface area contributed by atoms with Crippen molar-refractivity contribution in [1.82, 2.24) is 34.8 Å². The summed E-state index contributed by atoms with van der Waals surface area (Å²) in [6.07, 6.45) is 6.73. The first-order valence-electron chi connectivity index (χ1n) is 17.2. The van der Waals surface area contributed by atoms with E-state index in [1.54, 1.807) is 32.7 Å². The maximum Gasteiger partial charge on any atom is 0.162 e. The van der Waals surface area contributed by atoms with Gasteiger partial charge in [-0.3, -0.25) is 4.99 Å². The topological polar surface area (TPSA) is 191 Å². The predicted molar refractivity (Wildman–Crippen MR) is 202 cm³/mol. The quantitative estimate of drug-likeness (QED) is 0.163. The Hall–Kier alpha value is -6.80. The number of phenolic OH excluding ortho intramolecular Hbond substituents is 2. The van der Waals surface area contributed by atoms with Gasteiger partial charge in [-0.05, 0) is 45.4 Å². The number of hydrogen-bond donors (Lipinski definition) is 2. The molecule has 0 bridgehead atoms. The van der Waals surface area contributed by atoms with Crippen LogP contribution in [0.15, 0.2) is 84.4 Å². The Labute approximate surface area is 312 Å². The standard InChI is InChI=1S/C22H19N5O2.C18H21N5O2/c1-28-20-10-16-18(13-25-26-19(16)11-21(20)29-2)17(12-23)22-24-8-9-27(22)14-15-6-4-3-5-7-15;1-10(2)23-9-18(3,4)21-17(23)12(7-19)13-8-20-22-14-6-16(25)15(24)5-11(13)14/h3-11,13,17H,14H2,1-2H3;5-6,8,10,12,24-25H,9H2,1-4H3. The molecule has 54 heavy (non-hydrogen) atoms. The highest BCUT2D eigenvalue weighted by atomic mass is 16.5. The number of methoxy groups -OCH3 is 2. The van der Waals surface area contributed by atoms with Crippen molar-refractivity contribution in [1.29, 1.82) is 10.5 Å². The van der Waals surface area contributed by atoms with Gasteiger partial charge < -0.3 is 29.2 Å². The lowest BCUT2D eigenvalue weighted by Crippen LogP contribution is -2.39. The van der Waals surface area contributed by atoms with Crippen molar-refractivity contribution < 1.29 is 19.7 Å². The first kappa shape index (κ1) is 37.0. The summed E-state index contributed by atoms with van der Waals surface area (Å²) in [5.41, 5.74) is 3.24. The van der Waals surface area contributed by atoms with E-state index in [9.17, 15) is 20.7 Å². The highest BCUT2D eigenvalue weighted by molar-refractivity contribution is 5.98. The van der Waals surface area contributed by atoms with E-state index in [4.69, 9.17) is 14.5 Å². The molecule has 1 aliphatic heterocycles. The number of nitrogens with zero attached hydrogens (tertiary/aromatic N) is 10. The molecule has 0 radical (unpaired) electrons. The van der Waals surface area contributed by atoms with Crippen molar-refractivity contribution in [3.63, 3.8) is 0 Å². The van der Waals surface area contributed by atoms with Gasteiger partial charge in [-0.1, -0.05) is 30.3 Å². The zero-order valence-electron chi connectivity index (χ0n) is 30.8. The smallest absolute Gasteiger partial charge is 0.162 e. The Bertz CT molecular complexity index is 2410. The number of fused-ring (bicyclic) bond motifs is 2. The van der Waals surface area contributed by atoms with Crippen LogP contribution in [-0.2, 0) is 6.54 Å². The van der Waals surface area contributed by atoms with E-state index in [0.717, 1.165) is 23.1 Å². The number of rotatable bonds is 9. The normalized spacial score (nSPS) is 14.5. The number of aliphatic imine (C=N–C) groups is 1. The zero-order valence-corrected chi connectivity index (χ0v) is 30.8. The summed E-state index contributed by atoms with van der Waals surface area (Å²) < 4.78 is 12.8. The maximum atomic E-state index is 10.0. The summed E-state index contributed by atoms with van der Waals surface area (Å²) in [5, 5.41) is 57.0. The molecule has 2 unspecified atom stereocenters. The predicted octanol–water partition coefficient (Wildman–Crippen LogP) is 6.10. The molecule has 0 spiro atoms. The molecule has 0 saturated carbocycles. The fraction of sp³-hybridized carbons (Fsp3) is 0.300. The van der Waals surface area contributed by atoms with E-state index in [0.29, 0.717) is 51.7 Å². The number of aromatic hydroxyl groups is 2. The van der Waals surface area contributed by atoms with Crippen LogP contribution in [0.4, 0.5) is 0 Å². The number of amidine groups is 1. The highest BCUT2D eigenvalue weighted by Crippen LogP contribution is 2.37. The van der Waals surface area contributed by atoms with Crippen LogP contribution in [0.1, 0.15) is 62.0 Å². The number of phenols is 2. The van der Waals surface area contributed by atoms with Gasteiger partial charge >= 0.3 is 0 Å². The van der Waals surface area contributed by atoms with Crippen LogP contribution in [-0.4, -0.2) is 83.2 Å². The van der Waals surface area contributed by atoms with Gasteiger partial charge in [0.05, 0.1) is 55.3 Å². The molecule has 0 amide bonds. The van der Waals surface area contributed by atoms with Gasteiger partial charge in [0.15, 0.2) is 23.0 Å². The second-order valence-corrected chi connectivity index (χ2v) is 13.7. The van der Waals surface area contributed by atoms with Crippen molar-refractivity contribution in [3.05, 3.63) is 102 Å².